The molecule has 0 radical (unpaired) electrons. The van der Waals surface area contributed by atoms with Crippen molar-refractivity contribution in [2.24, 2.45) is 0 Å². The first-order valence-electron chi connectivity index (χ1n) is 5.88. The van der Waals surface area contributed by atoms with Crippen molar-refractivity contribution in [3.05, 3.63) is 64.7 Å². The number of halogens is 2. The number of carboxylic acid groups (broad SMARTS) is 1. The molecule has 0 aromatic heterocycles. The first kappa shape index (κ1) is 14.0. The van der Waals surface area contributed by atoms with Crippen molar-refractivity contribution in [3.63, 3.8) is 0 Å². The minimum atomic E-state index is -1.05. The third-order valence-electron chi connectivity index (χ3n) is 2.81. The molecule has 0 saturated heterocycles. The third-order valence-corrected chi connectivity index (χ3v) is 2.81. The van der Waals surface area contributed by atoms with Crippen LogP contribution in [0.1, 0.15) is 21.5 Å². The van der Waals surface area contributed by atoms with Gasteiger partial charge in [0.1, 0.15) is 12.4 Å². The Morgan fingerprint density at radius 2 is 1.90 bits per heavy atom. The van der Waals surface area contributed by atoms with Crippen molar-refractivity contribution in [2.75, 3.05) is 0 Å². The van der Waals surface area contributed by atoms with E-state index in [9.17, 15) is 13.6 Å². The van der Waals surface area contributed by atoms with Crippen LogP contribution in [0.5, 0.6) is 5.75 Å². The van der Waals surface area contributed by atoms with E-state index < -0.39 is 17.6 Å². The van der Waals surface area contributed by atoms with Crippen molar-refractivity contribution in [3.8, 4) is 5.75 Å². The van der Waals surface area contributed by atoms with Gasteiger partial charge in [0.2, 0.25) is 0 Å². The van der Waals surface area contributed by atoms with Gasteiger partial charge in [-0.25, -0.2) is 13.6 Å². The zero-order valence-corrected chi connectivity index (χ0v) is 10.7. The van der Waals surface area contributed by atoms with Gasteiger partial charge in [-0.2, -0.15) is 0 Å². The normalized spacial score (nSPS) is 10.3. The second-order valence-corrected chi connectivity index (χ2v) is 4.32. The van der Waals surface area contributed by atoms with Crippen LogP contribution in [0.25, 0.3) is 0 Å². The van der Waals surface area contributed by atoms with Crippen molar-refractivity contribution in [1.82, 2.24) is 0 Å². The standard InChI is InChI=1S/C15H12F2O3/c1-9-2-4-11(15(18)19)7-14(9)20-8-10-3-5-12(16)13(17)6-10/h2-7H,8H2,1H3,(H,18,19). The number of ether oxygens (including phenoxy) is 1. The fraction of sp³-hybridized carbons (Fsp3) is 0.133. The van der Waals surface area contributed by atoms with E-state index in [1.54, 1.807) is 13.0 Å². The number of aryl methyl sites for hydroxylation is 1. The number of hydrogen-bond donors (Lipinski definition) is 1. The second-order valence-electron chi connectivity index (χ2n) is 4.32. The van der Waals surface area contributed by atoms with Crippen LogP contribution in [0.4, 0.5) is 8.78 Å². The average Bonchev–Trinajstić information content (AvgIpc) is 2.41. The number of rotatable bonds is 4. The Bertz CT molecular complexity index is 654. The molecule has 3 nitrogen and oxygen atoms in total. The highest BCUT2D eigenvalue weighted by Gasteiger charge is 2.08. The van der Waals surface area contributed by atoms with Gasteiger partial charge in [-0.3, -0.25) is 0 Å². The Balaban J connectivity index is 2.15. The molecule has 0 heterocycles. The molecule has 0 bridgehead atoms. The van der Waals surface area contributed by atoms with Crippen molar-refractivity contribution >= 4 is 5.97 Å². The molecule has 0 fully saturated rings. The van der Waals surface area contributed by atoms with E-state index in [2.05, 4.69) is 0 Å². The molecule has 104 valence electrons. The first-order valence-corrected chi connectivity index (χ1v) is 5.88. The van der Waals surface area contributed by atoms with Crippen LogP contribution in [-0.2, 0) is 6.61 Å². The molecule has 20 heavy (non-hydrogen) atoms. The van der Waals surface area contributed by atoms with Gasteiger partial charge in [-0.1, -0.05) is 12.1 Å². The number of aromatic carboxylic acids is 1. The Morgan fingerprint density at radius 3 is 2.55 bits per heavy atom. The van der Waals surface area contributed by atoms with Crippen LogP contribution in [-0.4, -0.2) is 11.1 Å². The van der Waals surface area contributed by atoms with E-state index in [-0.39, 0.29) is 12.2 Å². The van der Waals surface area contributed by atoms with Gasteiger partial charge in [0.15, 0.2) is 11.6 Å². The maximum absolute atomic E-state index is 13.0. The monoisotopic (exact) mass is 278 g/mol. The summed E-state index contributed by atoms with van der Waals surface area (Å²) in [6, 6.07) is 7.98. The molecular weight excluding hydrogens is 266 g/mol. The maximum atomic E-state index is 13.0. The molecule has 2 aromatic rings. The van der Waals surface area contributed by atoms with Crippen LogP contribution in [0.15, 0.2) is 36.4 Å². The van der Waals surface area contributed by atoms with E-state index in [0.717, 1.165) is 17.7 Å². The van der Waals surface area contributed by atoms with Crippen LogP contribution in [0.3, 0.4) is 0 Å². The molecule has 1 N–H and O–H groups in total. The number of carboxylic acids is 1. The summed E-state index contributed by atoms with van der Waals surface area (Å²) in [4.78, 5) is 10.9. The highest BCUT2D eigenvalue weighted by molar-refractivity contribution is 5.88. The fourth-order valence-electron chi connectivity index (χ4n) is 1.68. The largest absolute Gasteiger partial charge is 0.489 e. The molecule has 0 saturated carbocycles. The Morgan fingerprint density at radius 1 is 1.15 bits per heavy atom. The minimum absolute atomic E-state index is 0.0289. The zero-order chi connectivity index (χ0) is 14.7. The molecule has 0 amide bonds. The smallest absolute Gasteiger partial charge is 0.335 e. The molecule has 2 aromatic carbocycles. The van der Waals surface area contributed by atoms with Crippen LogP contribution >= 0.6 is 0 Å². The quantitative estimate of drug-likeness (QED) is 0.930. The average molecular weight is 278 g/mol. The summed E-state index contributed by atoms with van der Waals surface area (Å²) < 4.78 is 31.3. The van der Waals surface area contributed by atoms with Crippen LogP contribution in [0.2, 0.25) is 0 Å². The summed E-state index contributed by atoms with van der Waals surface area (Å²) in [6.45, 7) is 1.80. The predicted octanol–water partition coefficient (Wildman–Crippen LogP) is 3.55. The summed E-state index contributed by atoms with van der Waals surface area (Å²) in [5.41, 5.74) is 1.33. The molecule has 0 atom stereocenters. The summed E-state index contributed by atoms with van der Waals surface area (Å²) in [6.07, 6.45) is 0. The maximum Gasteiger partial charge on any atom is 0.335 e. The van der Waals surface area contributed by atoms with Crippen molar-refractivity contribution < 1.29 is 23.4 Å². The van der Waals surface area contributed by atoms with Gasteiger partial charge in [0.25, 0.3) is 0 Å². The molecule has 0 spiro atoms. The molecule has 0 aliphatic heterocycles. The van der Waals surface area contributed by atoms with E-state index in [4.69, 9.17) is 9.84 Å². The van der Waals surface area contributed by atoms with E-state index in [0.29, 0.717) is 11.3 Å². The highest BCUT2D eigenvalue weighted by atomic mass is 19.2. The molecule has 2 rings (SSSR count). The van der Waals surface area contributed by atoms with E-state index >= 15 is 0 Å². The number of hydrogen-bond acceptors (Lipinski definition) is 2. The summed E-state index contributed by atoms with van der Waals surface area (Å²) in [5, 5.41) is 8.91. The van der Waals surface area contributed by atoms with E-state index in [1.165, 1.54) is 18.2 Å². The first-order chi connectivity index (χ1) is 9.47. The summed E-state index contributed by atoms with van der Waals surface area (Å²) in [7, 11) is 0. The van der Waals surface area contributed by atoms with Gasteiger partial charge >= 0.3 is 5.97 Å². The van der Waals surface area contributed by atoms with Gasteiger partial charge in [0, 0.05) is 0 Å². The summed E-state index contributed by atoms with van der Waals surface area (Å²) >= 11 is 0. The summed E-state index contributed by atoms with van der Waals surface area (Å²) in [5.74, 6) is -2.52. The Hall–Kier alpha value is -2.43. The molecule has 0 aliphatic rings. The van der Waals surface area contributed by atoms with E-state index in [1.807, 2.05) is 0 Å². The SMILES string of the molecule is Cc1ccc(C(=O)O)cc1OCc1ccc(F)c(F)c1. The predicted molar refractivity (Wildman–Crippen MR) is 68.8 cm³/mol. The Labute approximate surface area is 114 Å². The lowest BCUT2D eigenvalue weighted by molar-refractivity contribution is 0.0696. The van der Waals surface area contributed by atoms with Gasteiger partial charge in [-0.05, 0) is 42.3 Å². The highest BCUT2D eigenvalue weighted by Crippen LogP contribution is 2.21. The lowest BCUT2D eigenvalue weighted by atomic mass is 10.1. The lowest BCUT2D eigenvalue weighted by Crippen LogP contribution is -2.01. The molecule has 5 heteroatoms. The van der Waals surface area contributed by atoms with Crippen molar-refractivity contribution in [1.29, 1.82) is 0 Å². The minimum Gasteiger partial charge on any atom is -0.489 e. The zero-order valence-electron chi connectivity index (χ0n) is 10.7. The Kier molecular flexibility index (Phi) is 3.98. The molecule has 0 aliphatic carbocycles. The van der Waals surface area contributed by atoms with Crippen LogP contribution in [0, 0.1) is 18.6 Å². The fourth-order valence-corrected chi connectivity index (χ4v) is 1.68. The van der Waals surface area contributed by atoms with Crippen LogP contribution < -0.4 is 4.74 Å². The molecule has 0 unspecified atom stereocenters. The molecular formula is C15H12F2O3. The number of carbonyl (C=O) groups is 1. The van der Waals surface area contributed by atoms with Gasteiger partial charge < -0.3 is 9.84 Å². The van der Waals surface area contributed by atoms with Gasteiger partial charge in [0.05, 0.1) is 5.56 Å². The van der Waals surface area contributed by atoms with Crippen molar-refractivity contribution in [2.45, 2.75) is 13.5 Å². The third kappa shape index (κ3) is 3.12. The second kappa shape index (κ2) is 5.69. The lowest BCUT2D eigenvalue weighted by Gasteiger charge is -2.10. The number of benzene rings is 2. The van der Waals surface area contributed by atoms with Gasteiger partial charge in [-0.15, -0.1) is 0 Å². The topological polar surface area (TPSA) is 46.5 Å².